The minimum Gasteiger partial charge on any atom is -0.464 e. The fourth-order valence-corrected chi connectivity index (χ4v) is 2.83. The van der Waals surface area contributed by atoms with Crippen LogP contribution in [0.2, 0.25) is 0 Å². The van der Waals surface area contributed by atoms with Gasteiger partial charge in [-0.25, -0.2) is 0 Å². The molecule has 0 radical (unpaired) electrons. The molecule has 0 amide bonds. The predicted molar refractivity (Wildman–Crippen MR) is 74.7 cm³/mol. The van der Waals surface area contributed by atoms with Crippen LogP contribution < -0.4 is 5.32 Å². The maximum Gasteiger partial charge on any atom is 0.121 e. The third-order valence-corrected chi connectivity index (χ3v) is 3.64. The van der Waals surface area contributed by atoms with Crippen molar-refractivity contribution in [2.45, 2.75) is 40.2 Å². The lowest BCUT2D eigenvalue weighted by Crippen LogP contribution is -2.48. The molecule has 1 atom stereocenters. The second-order valence-electron chi connectivity index (χ2n) is 6.21. The van der Waals surface area contributed by atoms with E-state index in [0.717, 1.165) is 44.1 Å². The normalized spacial score (nSPS) is 20.0. The standard InChI is InChI=1S/C15H26N2O/c1-5-12-6-7-13(18-12)14(15(2,3)4)17-10-8-16-9-11-17/h6-7,14,16H,5,8-11H2,1-4H3/t14-/m0/s1. The minimum atomic E-state index is 0.195. The predicted octanol–water partition coefficient (Wildman–Crippen LogP) is 2.83. The van der Waals surface area contributed by atoms with Crippen LogP contribution in [0.25, 0.3) is 0 Å². The van der Waals surface area contributed by atoms with Crippen LogP contribution in [-0.4, -0.2) is 31.1 Å². The number of nitrogens with one attached hydrogen (secondary N) is 1. The first-order valence-corrected chi connectivity index (χ1v) is 7.05. The molecule has 0 saturated carbocycles. The average Bonchev–Trinajstić information content (AvgIpc) is 2.77. The highest BCUT2D eigenvalue weighted by Gasteiger charge is 2.34. The van der Waals surface area contributed by atoms with E-state index in [2.05, 4.69) is 50.0 Å². The first kappa shape index (κ1) is 13.6. The van der Waals surface area contributed by atoms with Crippen molar-refractivity contribution < 1.29 is 4.42 Å². The zero-order valence-electron chi connectivity index (χ0n) is 12.1. The van der Waals surface area contributed by atoms with Crippen molar-refractivity contribution in [2.75, 3.05) is 26.2 Å². The Morgan fingerprint density at radius 2 is 1.94 bits per heavy atom. The van der Waals surface area contributed by atoms with Crippen LogP contribution in [0.15, 0.2) is 16.5 Å². The molecule has 1 N–H and O–H groups in total. The third-order valence-electron chi connectivity index (χ3n) is 3.64. The van der Waals surface area contributed by atoms with Gasteiger partial charge in [0, 0.05) is 32.6 Å². The van der Waals surface area contributed by atoms with E-state index in [1.165, 1.54) is 0 Å². The summed E-state index contributed by atoms with van der Waals surface area (Å²) in [6.07, 6.45) is 0.971. The highest BCUT2D eigenvalue weighted by atomic mass is 16.3. The highest BCUT2D eigenvalue weighted by Crippen LogP contribution is 2.38. The maximum atomic E-state index is 6.01. The van der Waals surface area contributed by atoms with Crippen molar-refractivity contribution >= 4 is 0 Å². The van der Waals surface area contributed by atoms with Gasteiger partial charge in [0.05, 0.1) is 6.04 Å². The van der Waals surface area contributed by atoms with Crippen molar-refractivity contribution in [3.63, 3.8) is 0 Å². The molecule has 1 fully saturated rings. The molecule has 1 aliphatic rings. The maximum absolute atomic E-state index is 6.01. The Kier molecular flexibility index (Phi) is 4.13. The summed E-state index contributed by atoms with van der Waals surface area (Å²) in [5.74, 6) is 2.22. The number of hydrogen-bond donors (Lipinski definition) is 1. The minimum absolute atomic E-state index is 0.195. The molecule has 1 saturated heterocycles. The Morgan fingerprint density at radius 1 is 1.28 bits per heavy atom. The Labute approximate surface area is 111 Å². The van der Waals surface area contributed by atoms with Gasteiger partial charge in [-0.15, -0.1) is 0 Å². The van der Waals surface area contributed by atoms with Gasteiger partial charge in [-0.05, 0) is 17.5 Å². The van der Waals surface area contributed by atoms with Gasteiger partial charge in [-0.1, -0.05) is 27.7 Å². The van der Waals surface area contributed by atoms with Gasteiger partial charge in [0.1, 0.15) is 11.5 Å². The van der Waals surface area contributed by atoms with Crippen LogP contribution in [0.5, 0.6) is 0 Å². The number of rotatable bonds is 3. The van der Waals surface area contributed by atoms with E-state index >= 15 is 0 Å². The number of hydrogen-bond acceptors (Lipinski definition) is 3. The SMILES string of the molecule is CCc1ccc([C@H](N2CCNCC2)C(C)(C)C)o1. The van der Waals surface area contributed by atoms with Gasteiger partial charge >= 0.3 is 0 Å². The number of nitrogens with zero attached hydrogens (tertiary/aromatic N) is 1. The van der Waals surface area contributed by atoms with E-state index < -0.39 is 0 Å². The second-order valence-corrected chi connectivity index (χ2v) is 6.21. The van der Waals surface area contributed by atoms with Gasteiger partial charge in [-0.3, -0.25) is 4.90 Å². The van der Waals surface area contributed by atoms with Crippen LogP contribution in [0.1, 0.15) is 45.3 Å². The molecule has 0 unspecified atom stereocenters. The lowest BCUT2D eigenvalue weighted by Gasteiger charge is -2.41. The summed E-state index contributed by atoms with van der Waals surface area (Å²) < 4.78 is 6.01. The molecule has 3 heteroatoms. The number of aryl methyl sites for hydroxylation is 1. The summed E-state index contributed by atoms with van der Waals surface area (Å²) >= 11 is 0. The second kappa shape index (κ2) is 5.45. The first-order chi connectivity index (χ1) is 8.52. The number of furan rings is 1. The van der Waals surface area contributed by atoms with Crippen LogP contribution in [0, 0.1) is 5.41 Å². The molecule has 1 aromatic heterocycles. The molecule has 1 aliphatic heterocycles. The van der Waals surface area contributed by atoms with E-state index in [0.29, 0.717) is 6.04 Å². The van der Waals surface area contributed by atoms with Gasteiger partial charge in [0.15, 0.2) is 0 Å². The average molecular weight is 250 g/mol. The summed E-state index contributed by atoms with van der Waals surface area (Å²) in [6, 6.07) is 4.66. The molecule has 2 heterocycles. The summed E-state index contributed by atoms with van der Waals surface area (Å²) in [5.41, 5.74) is 0.195. The smallest absolute Gasteiger partial charge is 0.121 e. The Balaban J connectivity index is 2.24. The van der Waals surface area contributed by atoms with E-state index in [9.17, 15) is 0 Å². The van der Waals surface area contributed by atoms with E-state index in [1.807, 2.05) is 0 Å². The molecule has 18 heavy (non-hydrogen) atoms. The van der Waals surface area contributed by atoms with Gasteiger partial charge in [-0.2, -0.15) is 0 Å². The lowest BCUT2D eigenvalue weighted by molar-refractivity contribution is 0.0688. The largest absolute Gasteiger partial charge is 0.464 e. The van der Waals surface area contributed by atoms with Gasteiger partial charge < -0.3 is 9.73 Å². The fraction of sp³-hybridized carbons (Fsp3) is 0.733. The van der Waals surface area contributed by atoms with E-state index in [-0.39, 0.29) is 5.41 Å². The van der Waals surface area contributed by atoms with Gasteiger partial charge in [0.25, 0.3) is 0 Å². The number of piperazine rings is 1. The van der Waals surface area contributed by atoms with Crippen LogP contribution in [0.4, 0.5) is 0 Å². The molecular weight excluding hydrogens is 224 g/mol. The highest BCUT2D eigenvalue weighted by molar-refractivity contribution is 5.13. The van der Waals surface area contributed by atoms with Crippen molar-refractivity contribution in [3.8, 4) is 0 Å². The topological polar surface area (TPSA) is 28.4 Å². The Morgan fingerprint density at radius 3 is 2.44 bits per heavy atom. The molecule has 0 bridgehead atoms. The summed E-state index contributed by atoms with van der Waals surface area (Å²) in [6.45, 7) is 13.4. The third kappa shape index (κ3) is 2.96. The van der Waals surface area contributed by atoms with Crippen molar-refractivity contribution in [1.29, 1.82) is 0 Å². The molecule has 0 aromatic carbocycles. The Hall–Kier alpha value is -0.800. The fourth-order valence-electron chi connectivity index (χ4n) is 2.83. The quantitative estimate of drug-likeness (QED) is 0.894. The molecule has 2 rings (SSSR count). The summed E-state index contributed by atoms with van der Waals surface area (Å²) in [5, 5.41) is 3.42. The molecule has 0 spiro atoms. The molecule has 3 nitrogen and oxygen atoms in total. The van der Waals surface area contributed by atoms with E-state index in [4.69, 9.17) is 4.42 Å². The van der Waals surface area contributed by atoms with Crippen LogP contribution in [-0.2, 0) is 6.42 Å². The molecule has 0 aliphatic carbocycles. The van der Waals surface area contributed by atoms with Crippen LogP contribution in [0.3, 0.4) is 0 Å². The summed E-state index contributed by atoms with van der Waals surface area (Å²) in [4.78, 5) is 2.55. The lowest BCUT2D eigenvalue weighted by atomic mass is 9.84. The van der Waals surface area contributed by atoms with Crippen LogP contribution >= 0.6 is 0 Å². The Bertz CT molecular complexity index is 372. The summed E-state index contributed by atoms with van der Waals surface area (Å²) in [7, 11) is 0. The van der Waals surface area contributed by atoms with Crippen molar-refractivity contribution in [2.24, 2.45) is 5.41 Å². The monoisotopic (exact) mass is 250 g/mol. The zero-order chi connectivity index (χ0) is 13.2. The van der Waals surface area contributed by atoms with Crippen molar-refractivity contribution in [3.05, 3.63) is 23.7 Å². The molecular formula is C15H26N2O. The van der Waals surface area contributed by atoms with Gasteiger partial charge in [0.2, 0.25) is 0 Å². The molecule has 102 valence electrons. The zero-order valence-corrected chi connectivity index (χ0v) is 12.1. The van der Waals surface area contributed by atoms with Crippen molar-refractivity contribution in [1.82, 2.24) is 10.2 Å². The first-order valence-electron chi connectivity index (χ1n) is 7.05. The molecule has 1 aromatic rings. The van der Waals surface area contributed by atoms with E-state index in [1.54, 1.807) is 0 Å².